The lowest BCUT2D eigenvalue weighted by Gasteiger charge is -2.13. The fourth-order valence-electron chi connectivity index (χ4n) is 3.59. The Morgan fingerprint density at radius 2 is 1.53 bits per heavy atom. The lowest BCUT2D eigenvalue weighted by Crippen LogP contribution is -2.40. The zero-order valence-corrected chi connectivity index (χ0v) is 16.8. The highest BCUT2D eigenvalue weighted by atomic mass is 19.1. The molecule has 0 radical (unpaired) electrons. The summed E-state index contributed by atoms with van der Waals surface area (Å²) in [5.74, 6) is 0.161. The highest BCUT2D eigenvalue weighted by Crippen LogP contribution is 2.15. The van der Waals surface area contributed by atoms with Gasteiger partial charge in [-0.15, -0.1) is 0 Å². The average molecular weight is 428 g/mol. The molecule has 8 heteroatoms. The molecule has 0 atom stereocenters. The summed E-state index contributed by atoms with van der Waals surface area (Å²) in [5, 5.41) is 4.34. The predicted octanol–water partition coefficient (Wildman–Crippen LogP) is 3.45. The molecule has 0 aliphatic rings. The van der Waals surface area contributed by atoms with Crippen LogP contribution in [-0.4, -0.2) is 19.3 Å². The molecule has 32 heavy (non-hydrogen) atoms. The van der Waals surface area contributed by atoms with Gasteiger partial charge in [0.05, 0.1) is 17.4 Å². The Kier molecular flexibility index (Phi) is 4.95. The van der Waals surface area contributed by atoms with Crippen molar-refractivity contribution in [1.29, 1.82) is 0 Å². The summed E-state index contributed by atoms with van der Waals surface area (Å²) in [6.45, 7) is 0.0186. The Morgan fingerprint density at radius 1 is 0.812 bits per heavy atom. The van der Waals surface area contributed by atoms with Gasteiger partial charge in [-0.3, -0.25) is 13.9 Å². The van der Waals surface area contributed by atoms with Gasteiger partial charge in [0.2, 0.25) is 11.7 Å². The zero-order chi connectivity index (χ0) is 22.1. The molecule has 2 heterocycles. The number of nitrogens with zero attached hydrogens (tertiary/aromatic N) is 4. The van der Waals surface area contributed by atoms with E-state index in [2.05, 4.69) is 10.1 Å². The van der Waals surface area contributed by atoms with Crippen molar-refractivity contribution in [3.05, 3.63) is 117 Å². The van der Waals surface area contributed by atoms with Crippen LogP contribution in [0.4, 0.5) is 4.39 Å². The molecular formula is C24H17FN4O3. The van der Waals surface area contributed by atoms with Crippen LogP contribution in [0.3, 0.4) is 0 Å². The van der Waals surface area contributed by atoms with E-state index in [1.807, 2.05) is 30.3 Å². The Bertz CT molecular complexity index is 1520. The summed E-state index contributed by atoms with van der Waals surface area (Å²) in [6, 6.07) is 22.0. The van der Waals surface area contributed by atoms with Crippen LogP contribution in [0, 0.1) is 5.82 Å². The topological polar surface area (TPSA) is 82.9 Å². The Labute approximate surface area is 181 Å². The van der Waals surface area contributed by atoms with Crippen molar-refractivity contribution in [2.24, 2.45) is 0 Å². The van der Waals surface area contributed by atoms with E-state index in [-0.39, 0.29) is 24.8 Å². The number of hydrogen-bond acceptors (Lipinski definition) is 5. The van der Waals surface area contributed by atoms with E-state index in [0.717, 1.165) is 15.7 Å². The van der Waals surface area contributed by atoms with E-state index < -0.39 is 11.2 Å². The monoisotopic (exact) mass is 428 g/mol. The van der Waals surface area contributed by atoms with Crippen molar-refractivity contribution in [1.82, 2.24) is 19.3 Å². The van der Waals surface area contributed by atoms with E-state index in [0.29, 0.717) is 16.7 Å². The number of aromatic nitrogens is 4. The molecule has 5 rings (SSSR count). The summed E-state index contributed by atoms with van der Waals surface area (Å²) >= 11 is 0. The van der Waals surface area contributed by atoms with Gasteiger partial charge >= 0.3 is 5.69 Å². The molecule has 2 aromatic heterocycles. The summed E-state index contributed by atoms with van der Waals surface area (Å²) in [6.07, 6.45) is 0. The number of fused-ring (bicyclic) bond motifs is 1. The average Bonchev–Trinajstić information content (AvgIpc) is 3.30. The summed E-state index contributed by atoms with van der Waals surface area (Å²) < 4.78 is 21.2. The van der Waals surface area contributed by atoms with Crippen LogP contribution in [0.1, 0.15) is 11.5 Å². The fraction of sp³-hybridized carbons (Fsp3) is 0.0833. The maximum atomic E-state index is 13.3. The van der Waals surface area contributed by atoms with E-state index >= 15 is 0 Å². The number of halogens is 1. The standard InChI is InChI=1S/C24H17FN4O3/c25-18-12-10-16(11-13-18)14-28-20-9-5-4-8-19(20)23(30)29(24(28)31)15-21-26-22(27-32-21)17-6-2-1-3-7-17/h1-13H,14-15H2. The van der Waals surface area contributed by atoms with Gasteiger partial charge in [0.15, 0.2) is 0 Å². The molecular weight excluding hydrogens is 411 g/mol. The zero-order valence-electron chi connectivity index (χ0n) is 16.8. The van der Waals surface area contributed by atoms with Gasteiger partial charge in [0.25, 0.3) is 5.56 Å². The molecule has 0 saturated carbocycles. The first-order valence-electron chi connectivity index (χ1n) is 9.95. The first-order valence-corrected chi connectivity index (χ1v) is 9.95. The normalized spacial score (nSPS) is 11.2. The number of hydrogen-bond donors (Lipinski definition) is 0. The van der Waals surface area contributed by atoms with Crippen molar-refractivity contribution < 1.29 is 8.91 Å². The summed E-state index contributed by atoms with van der Waals surface area (Å²) in [7, 11) is 0. The smallest absolute Gasteiger partial charge is 0.332 e. The molecule has 0 spiro atoms. The second-order valence-electron chi connectivity index (χ2n) is 7.28. The third-order valence-electron chi connectivity index (χ3n) is 5.18. The van der Waals surface area contributed by atoms with Gasteiger partial charge in [0, 0.05) is 5.56 Å². The first kappa shape index (κ1) is 19.6. The molecule has 0 aliphatic heterocycles. The van der Waals surface area contributed by atoms with Crippen LogP contribution >= 0.6 is 0 Å². The maximum Gasteiger partial charge on any atom is 0.332 e. The molecule has 0 aliphatic carbocycles. The quantitative estimate of drug-likeness (QED) is 0.428. The van der Waals surface area contributed by atoms with Gasteiger partial charge in [0.1, 0.15) is 12.4 Å². The molecule has 0 unspecified atom stereocenters. The van der Waals surface area contributed by atoms with E-state index in [1.54, 1.807) is 36.4 Å². The van der Waals surface area contributed by atoms with Crippen molar-refractivity contribution >= 4 is 10.9 Å². The molecule has 0 bridgehead atoms. The predicted molar refractivity (Wildman–Crippen MR) is 117 cm³/mol. The number of para-hydroxylation sites is 1. The highest BCUT2D eigenvalue weighted by Gasteiger charge is 2.16. The van der Waals surface area contributed by atoms with Gasteiger partial charge in [-0.1, -0.05) is 59.8 Å². The third kappa shape index (κ3) is 3.62. The SMILES string of the molecule is O=c1c2ccccc2n(Cc2ccc(F)cc2)c(=O)n1Cc1nc(-c2ccccc2)no1. The van der Waals surface area contributed by atoms with Crippen molar-refractivity contribution in [2.45, 2.75) is 13.1 Å². The van der Waals surface area contributed by atoms with Crippen LogP contribution < -0.4 is 11.2 Å². The minimum atomic E-state index is -0.516. The van der Waals surface area contributed by atoms with E-state index in [9.17, 15) is 14.0 Å². The van der Waals surface area contributed by atoms with Gasteiger partial charge in [-0.2, -0.15) is 4.98 Å². The van der Waals surface area contributed by atoms with Gasteiger partial charge < -0.3 is 4.52 Å². The lowest BCUT2D eigenvalue weighted by atomic mass is 10.2. The Hall–Kier alpha value is -4.33. The van der Waals surface area contributed by atoms with Crippen molar-refractivity contribution in [3.8, 4) is 11.4 Å². The molecule has 7 nitrogen and oxygen atoms in total. The Morgan fingerprint density at radius 3 is 2.31 bits per heavy atom. The Balaban J connectivity index is 1.59. The highest BCUT2D eigenvalue weighted by molar-refractivity contribution is 5.77. The fourth-order valence-corrected chi connectivity index (χ4v) is 3.59. The third-order valence-corrected chi connectivity index (χ3v) is 5.18. The molecule has 0 amide bonds. The molecule has 0 fully saturated rings. The summed E-state index contributed by atoms with van der Waals surface area (Å²) in [4.78, 5) is 30.7. The van der Waals surface area contributed by atoms with Gasteiger partial charge in [-0.25, -0.2) is 9.18 Å². The van der Waals surface area contributed by atoms with E-state index in [4.69, 9.17) is 4.52 Å². The van der Waals surface area contributed by atoms with Crippen molar-refractivity contribution in [2.75, 3.05) is 0 Å². The minimum absolute atomic E-state index is 0.145. The summed E-state index contributed by atoms with van der Waals surface area (Å²) in [5.41, 5.74) is 1.03. The lowest BCUT2D eigenvalue weighted by molar-refractivity contribution is 0.367. The minimum Gasteiger partial charge on any atom is -0.337 e. The van der Waals surface area contributed by atoms with Crippen molar-refractivity contribution in [3.63, 3.8) is 0 Å². The number of benzene rings is 3. The van der Waals surface area contributed by atoms with Gasteiger partial charge in [-0.05, 0) is 29.8 Å². The molecule has 0 saturated heterocycles. The molecule has 3 aromatic carbocycles. The largest absolute Gasteiger partial charge is 0.337 e. The first-order chi connectivity index (χ1) is 15.6. The van der Waals surface area contributed by atoms with Crippen LogP contribution in [0.2, 0.25) is 0 Å². The number of rotatable bonds is 5. The van der Waals surface area contributed by atoms with E-state index in [1.165, 1.54) is 16.7 Å². The second kappa shape index (κ2) is 8.07. The maximum absolute atomic E-state index is 13.3. The van der Waals surface area contributed by atoms with Crippen LogP contribution in [0.15, 0.2) is 93.0 Å². The molecule has 0 N–H and O–H groups in total. The van der Waals surface area contributed by atoms with Crippen LogP contribution in [-0.2, 0) is 13.1 Å². The molecule has 5 aromatic rings. The second-order valence-corrected chi connectivity index (χ2v) is 7.28. The van der Waals surface area contributed by atoms with Crippen LogP contribution in [0.5, 0.6) is 0 Å². The van der Waals surface area contributed by atoms with Crippen LogP contribution in [0.25, 0.3) is 22.3 Å². The molecule has 158 valence electrons.